The highest BCUT2D eigenvalue weighted by Gasteiger charge is 2.28. The third kappa shape index (κ3) is 2.96. The van der Waals surface area contributed by atoms with Crippen LogP contribution in [0.5, 0.6) is 11.6 Å². The van der Waals surface area contributed by atoms with Crippen molar-refractivity contribution in [2.24, 2.45) is 5.84 Å². The Labute approximate surface area is 128 Å². The third-order valence-corrected chi connectivity index (χ3v) is 4.25. The van der Waals surface area contributed by atoms with Crippen LogP contribution >= 0.6 is 11.8 Å². The largest absolute Gasteiger partial charge is 0.437 e. The molecule has 110 valence electrons. The number of aromatic nitrogens is 2. The second-order valence-corrected chi connectivity index (χ2v) is 5.88. The fraction of sp³-hybridized carbons (Fsp3) is 0.333. The lowest BCUT2D eigenvalue weighted by Gasteiger charge is -2.14. The van der Waals surface area contributed by atoms with Gasteiger partial charge in [-0.25, -0.2) is 10.8 Å². The van der Waals surface area contributed by atoms with Crippen molar-refractivity contribution in [1.29, 1.82) is 0 Å². The molecule has 3 N–H and O–H groups in total. The summed E-state index contributed by atoms with van der Waals surface area (Å²) >= 11 is 1.64. The van der Waals surface area contributed by atoms with E-state index in [1.807, 2.05) is 37.4 Å². The molecule has 3 rings (SSSR count). The van der Waals surface area contributed by atoms with E-state index in [1.165, 1.54) is 0 Å². The fourth-order valence-corrected chi connectivity index (χ4v) is 2.61. The first-order valence-electron chi connectivity index (χ1n) is 6.89. The Morgan fingerprint density at radius 3 is 2.71 bits per heavy atom. The number of thioether (sulfide) groups is 1. The monoisotopic (exact) mass is 302 g/mol. The third-order valence-electron chi connectivity index (χ3n) is 3.47. The maximum atomic E-state index is 6.02. The molecule has 0 bridgehead atoms. The summed E-state index contributed by atoms with van der Waals surface area (Å²) in [5.74, 6) is 8.81. The number of hydrazine groups is 1. The molecule has 0 radical (unpaired) electrons. The van der Waals surface area contributed by atoms with Crippen molar-refractivity contribution in [3.8, 4) is 11.6 Å². The van der Waals surface area contributed by atoms with Gasteiger partial charge in [-0.1, -0.05) is 12.1 Å². The van der Waals surface area contributed by atoms with Crippen LogP contribution in [-0.2, 0) is 0 Å². The van der Waals surface area contributed by atoms with Gasteiger partial charge in [-0.05, 0) is 38.2 Å². The number of ether oxygens (including phenoxy) is 1. The van der Waals surface area contributed by atoms with E-state index in [4.69, 9.17) is 10.6 Å². The minimum absolute atomic E-state index is 0.441. The van der Waals surface area contributed by atoms with Gasteiger partial charge in [-0.2, -0.15) is 4.98 Å². The highest BCUT2D eigenvalue weighted by atomic mass is 32.2. The lowest BCUT2D eigenvalue weighted by Crippen LogP contribution is -2.13. The summed E-state index contributed by atoms with van der Waals surface area (Å²) in [6.45, 7) is 1.91. The maximum Gasteiger partial charge on any atom is 0.227 e. The first-order valence-corrected chi connectivity index (χ1v) is 8.11. The Morgan fingerprint density at radius 1 is 1.29 bits per heavy atom. The molecule has 0 aliphatic heterocycles. The average molecular weight is 302 g/mol. The van der Waals surface area contributed by atoms with Gasteiger partial charge in [0.05, 0.1) is 5.56 Å². The molecule has 2 aromatic rings. The van der Waals surface area contributed by atoms with Gasteiger partial charge < -0.3 is 10.2 Å². The number of rotatable bonds is 5. The molecule has 1 aliphatic rings. The minimum atomic E-state index is 0.441. The predicted molar refractivity (Wildman–Crippen MR) is 84.9 cm³/mol. The molecule has 0 amide bonds. The topological polar surface area (TPSA) is 73.1 Å². The highest BCUT2D eigenvalue weighted by molar-refractivity contribution is 7.98. The number of anilines is 1. The normalized spacial score (nSPS) is 14.0. The summed E-state index contributed by atoms with van der Waals surface area (Å²) in [6, 6.07) is 7.92. The molecule has 1 aromatic heterocycles. The van der Waals surface area contributed by atoms with Gasteiger partial charge in [0, 0.05) is 10.8 Å². The Morgan fingerprint density at radius 2 is 2.05 bits per heavy atom. The molecule has 1 aromatic carbocycles. The Balaban J connectivity index is 1.99. The van der Waals surface area contributed by atoms with Crippen molar-refractivity contribution in [2.45, 2.75) is 30.6 Å². The van der Waals surface area contributed by atoms with Gasteiger partial charge in [-0.3, -0.25) is 0 Å². The fourth-order valence-electron chi connectivity index (χ4n) is 2.08. The first-order chi connectivity index (χ1) is 10.2. The Bertz CT molecular complexity index is 658. The zero-order valence-electron chi connectivity index (χ0n) is 12.1. The van der Waals surface area contributed by atoms with Crippen LogP contribution in [0.2, 0.25) is 0 Å². The number of nitrogens with one attached hydrogen (secondary N) is 1. The van der Waals surface area contributed by atoms with Crippen LogP contribution in [0.1, 0.15) is 30.1 Å². The molecule has 1 aliphatic carbocycles. The summed E-state index contributed by atoms with van der Waals surface area (Å²) in [6.07, 6.45) is 4.29. The summed E-state index contributed by atoms with van der Waals surface area (Å²) in [5, 5.41) is 0. The lowest BCUT2D eigenvalue weighted by atomic mass is 10.3. The van der Waals surface area contributed by atoms with Crippen LogP contribution < -0.4 is 16.0 Å². The Hall–Kier alpha value is -1.79. The van der Waals surface area contributed by atoms with Crippen LogP contribution in [0.4, 0.5) is 5.82 Å². The molecule has 0 atom stereocenters. The molecule has 6 heteroatoms. The highest BCUT2D eigenvalue weighted by Crippen LogP contribution is 2.41. The summed E-state index contributed by atoms with van der Waals surface area (Å²) in [7, 11) is 0. The van der Waals surface area contributed by atoms with Crippen LogP contribution in [0.25, 0.3) is 0 Å². The number of nitrogens with two attached hydrogens (primary N) is 1. The van der Waals surface area contributed by atoms with Crippen LogP contribution in [-0.4, -0.2) is 16.2 Å². The van der Waals surface area contributed by atoms with E-state index in [1.54, 1.807) is 11.8 Å². The van der Waals surface area contributed by atoms with Gasteiger partial charge in [-0.15, -0.1) is 11.8 Å². The predicted octanol–water partition coefficient (Wildman–Crippen LogP) is 3.46. The molecule has 1 fully saturated rings. The SMILES string of the molecule is CSc1ccccc1Oc1nc(C2CC2)nc(NN)c1C. The van der Waals surface area contributed by atoms with E-state index < -0.39 is 0 Å². The lowest BCUT2D eigenvalue weighted by molar-refractivity contribution is 0.444. The first kappa shape index (κ1) is 14.2. The summed E-state index contributed by atoms with van der Waals surface area (Å²) in [5.41, 5.74) is 3.45. The van der Waals surface area contributed by atoms with E-state index in [9.17, 15) is 0 Å². The standard InChI is InChI=1S/C15H18N4OS/c1-9-13(19-16)17-14(10-7-8-10)18-15(9)20-11-5-3-4-6-12(11)21-2/h3-6,10H,7-8,16H2,1-2H3,(H,17,18,19). The Kier molecular flexibility index (Phi) is 3.98. The van der Waals surface area contributed by atoms with Crippen LogP contribution in [0.15, 0.2) is 29.2 Å². The van der Waals surface area contributed by atoms with E-state index >= 15 is 0 Å². The van der Waals surface area contributed by atoms with Gasteiger partial charge >= 0.3 is 0 Å². The van der Waals surface area contributed by atoms with Crippen molar-refractivity contribution < 1.29 is 4.74 Å². The number of benzene rings is 1. The van der Waals surface area contributed by atoms with Crippen molar-refractivity contribution in [3.05, 3.63) is 35.7 Å². The average Bonchev–Trinajstić information content (AvgIpc) is 3.34. The second kappa shape index (κ2) is 5.91. The molecule has 0 saturated heterocycles. The van der Waals surface area contributed by atoms with Crippen molar-refractivity contribution >= 4 is 17.6 Å². The second-order valence-electron chi connectivity index (χ2n) is 5.03. The molecule has 21 heavy (non-hydrogen) atoms. The van der Waals surface area contributed by atoms with E-state index in [0.29, 0.717) is 17.6 Å². The smallest absolute Gasteiger partial charge is 0.227 e. The maximum absolute atomic E-state index is 6.02. The summed E-state index contributed by atoms with van der Waals surface area (Å²) < 4.78 is 6.02. The van der Waals surface area contributed by atoms with Crippen molar-refractivity contribution in [3.63, 3.8) is 0 Å². The number of nitrogen functional groups attached to an aromatic ring is 1. The summed E-state index contributed by atoms with van der Waals surface area (Å²) in [4.78, 5) is 10.1. The number of hydrogen-bond donors (Lipinski definition) is 2. The van der Waals surface area contributed by atoms with E-state index in [-0.39, 0.29) is 0 Å². The quantitative estimate of drug-likeness (QED) is 0.500. The van der Waals surface area contributed by atoms with Crippen LogP contribution in [0.3, 0.4) is 0 Å². The van der Waals surface area contributed by atoms with Crippen molar-refractivity contribution in [2.75, 3.05) is 11.7 Å². The molecule has 5 nitrogen and oxygen atoms in total. The number of para-hydroxylation sites is 1. The molecule has 0 unspecified atom stereocenters. The van der Waals surface area contributed by atoms with E-state index in [0.717, 1.165) is 34.9 Å². The van der Waals surface area contributed by atoms with Gasteiger partial charge in [0.2, 0.25) is 5.88 Å². The van der Waals surface area contributed by atoms with Crippen molar-refractivity contribution in [1.82, 2.24) is 9.97 Å². The molecule has 0 spiro atoms. The zero-order valence-corrected chi connectivity index (χ0v) is 12.9. The van der Waals surface area contributed by atoms with Crippen LogP contribution in [0, 0.1) is 6.92 Å². The van der Waals surface area contributed by atoms with E-state index in [2.05, 4.69) is 15.4 Å². The van der Waals surface area contributed by atoms with Gasteiger partial charge in [0.1, 0.15) is 11.6 Å². The minimum Gasteiger partial charge on any atom is -0.437 e. The molecule has 1 heterocycles. The molecular formula is C15H18N4OS. The molecular weight excluding hydrogens is 284 g/mol. The number of nitrogens with zero attached hydrogens (tertiary/aromatic N) is 2. The van der Waals surface area contributed by atoms with Gasteiger partial charge in [0.15, 0.2) is 5.82 Å². The number of hydrogen-bond acceptors (Lipinski definition) is 6. The zero-order chi connectivity index (χ0) is 14.8. The molecule has 1 saturated carbocycles. The van der Waals surface area contributed by atoms with Gasteiger partial charge in [0.25, 0.3) is 0 Å².